The highest BCUT2D eigenvalue weighted by atomic mass is 35.5. The zero-order valence-corrected chi connectivity index (χ0v) is 11.1. The molecule has 3 N–H and O–H groups in total. The largest absolute Gasteiger partial charge is 0.393 e. The van der Waals surface area contributed by atoms with E-state index in [1.165, 1.54) is 17.5 Å². The van der Waals surface area contributed by atoms with E-state index in [2.05, 4.69) is 41.3 Å². The van der Waals surface area contributed by atoms with Crippen LogP contribution in [0.3, 0.4) is 0 Å². The summed E-state index contributed by atoms with van der Waals surface area (Å²) in [5.41, 5.74) is 9.66. The molecule has 1 aromatic carbocycles. The Bertz CT molecular complexity index is 569. The van der Waals surface area contributed by atoms with E-state index in [0.717, 1.165) is 12.1 Å². The van der Waals surface area contributed by atoms with Gasteiger partial charge in [-0.3, -0.25) is 0 Å². The predicted octanol–water partition coefficient (Wildman–Crippen LogP) is 3.33. The lowest BCUT2D eigenvalue weighted by atomic mass is 10.1. The second kappa shape index (κ2) is 5.23. The zero-order valence-electron chi connectivity index (χ0n) is 10.4. The van der Waals surface area contributed by atoms with Crippen molar-refractivity contribution in [2.24, 2.45) is 0 Å². The summed E-state index contributed by atoms with van der Waals surface area (Å²) < 4.78 is 0. The van der Waals surface area contributed by atoms with Crippen LogP contribution in [0.2, 0.25) is 5.15 Å². The first kappa shape index (κ1) is 12.6. The molecular weight excluding hydrogens is 248 g/mol. The molecule has 1 heterocycles. The monoisotopic (exact) mass is 262 g/mol. The van der Waals surface area contributed by atoms with Crippen molar-refractivity contribution in [3.05, 3.63) is 40.8 Å². The Labute approximate surface area is 111 Å². The first-order valence-corrected chi connectivity index (χ1v) is 6.12. The number of rotatable bonds is 3. The highest BCUT2D eigenvalue weighted by Crippen LogP contribution is 2.26. The first-order chi connectivity index (χ1) is 8.61. The van der Waals surface area contributed by atoms with Gasteiger partial charge in [0.25, 0.3) is 0 Å². The molecule has 0 saturated heterocycles. The Balaban J connectivity index is 2.29. The zero-order chi connectivity index (χ0) is 13.1. The molecule has 0 aliphatic rings. The number of nitrogens with zero attached hydrogens (tertiary/aromatic N) is 2. The Hall–Kier alpha value is -1.81. The molecule has 0 spiro atoms. The Morgan fingerprint density at radius 3 is 2.78 bits per heavy atom. The van der Waals surface area contributed by atoms with E-state index in [1.807, 2.05) is 6.07 Å². The molecule has 0 amide bonds. The molecule has 0 aliphatic heterocycles. The number of aromatic nitrogens is 2. The predicted molar refractivity (Wildman–Crippen MR) is 75.3 cm³/mol. The van der Waals surface area contributed by atoms with Gasteiger partial charge in [-0.05, 0) is 36.6 Å². The SMILES string of the molecule is CCc1ccc(Nc2ncnc(Cl)c2N)cc1C. The second-order valence-electron chi connectivity index (χ2n) is 4.05. The van der Waals surface area contributed by atoms with Gasteiger partial charge in [0, 0.05) is 5.69 Å². The molecule has 2 aromatic rings. The summed E-state index contributed by atoms with van der Waals surface area (Å²) in [7, 11) is 0. The highest BCUT2D eigenvalue weighted by Gasteiger charge is 2.06. The Morgan fingerprint density at radius 2 is 2.11 bits per heavy atom. The molecule has 0 saturated carbocycles. The molecule has 0 aliphatic carbocycles. The van der Waals surface area contributed by atoms with Gasteiger partial charge in [-0.2, -0.15) is 0 Å². The van der Waals surface area contributed by atoms with Crippen LogP contribution in [0.15, 0.2) is 24.5 Å². The third-order valence-electron chi connectivity index (χ3n) is 2.82. The van der Waals surface area contributed by atoms with Crippen LogP contribution in [0, 0.1) is 6.92 Å². The topological polar surface area (TPSA) is 63.8 Å². The lowest BCUT2D eigenvalue weighted by Crippen LogP contribution is -2.01. The van der Waals surface area contributed by atoms with E-state index >= 15 is 0 Å². The fraction of sp³-hybridized carbons (Fsp3) is 0.231. The van der Waals surface area contributed by atoms with Crippen LogP contribution in [0.1, 0.15) is 18.1 Å². The summed E-state index contributed by atoms with van der Waals surface area (Å²) in [5, 5.41) is 3.40. The van der Waals surface area contributed by atoms with Crippen LogP contribution >= 0.6 is 11.6 Å². The standard InChI is InChI=1S/C13H15ClN4/c1-3-9-4-5-10(6-8(9)2)18-13-11(15)12(14)16-7-17-13/h4-7H,3,15H2,1-2H3,(H,16,17,18). The normalized spacial score (nSPS) is 10.4. The molecule has 1 aromatic heterocycles. The van der Waals surface area contributed by atoms with Crippen molar-refractivity contribution in [2.45, 2.75) is 20.3 Å². The van der Waals surface area contributed by atoms with Crippen LogP contribution < -0.4 is 11.1 Å². The van der Waals surface area contributed by atoms with E-state index in [-0.39, 0.29) is 5.15 Å². The van der Waals surface area contributed by atoms with Gasteiger partial charge in [0.1, 0.15) is 12.0 Å². The fourth-order valence-electron chi connectivity index (χ4n) is 1.78. The van der Waals surface area contributed by atoms with Crippen molar-refractivity contribution in [2.75, 3.05) is 11.1 Å². The second-order valence-corrected chi connectivity index (χ2v) is 4.40. The molecule has 5 heteroatoms. The van der Waals surface area contributed by atoms with Gasteiger partial charge in [0.15, 0.2) is 11.0 Å². The molecule has 0 unspecified atom stereocenters. The maximum Gasteiger partial charge on any atom is 0.158 e. The van der Waals surface area contributed by atoms with E-state index in [4.69, 9.17) is 17.3 Å². The molecule has 18 heavy (non-hydrogen) atoms. The molecule has 0 atom stereocenters. The van der Waals surface area contributed by atoms with Crippen molar-refractivity contribution >= 4 is 28.8 Å². The summed E-state index contributed by atoms with van der Waals surface area (Å²) in [6, 6.07) is 6.16. The van der Waals surface area contributed by atoms with E-state index in [1.54, 1.807) is 0 Å². The lowest BCUT2D eigenvalue weighted by Gasteiger charge is -2.10. The number of hydrogen-bond acceptors (Lipinski definition) is 4. The number of hydrogen-bond donors (Lipinski definition) is 2. The van der Waals surface area contributed by atoms with Crippen LogP contribution in [-0.2, 0) is 6.42 Å². The number of halogens is 1. The molecule has 0 radical (unpaired) electrons. The highest BCUT2D eigenvalue weighted by molar-refractivity contribution is 6.32. The van der Waals surface area contributed by atoms with E-state index < -0.39 is 0 Å². The summed E-state index contributed by atoms with van der Waals surface area (Å²) in [5.74, 6) is 0.527. The molecule has 0 fully saturated rings. The van der Waals surface area contributed by atoms with Crippen LogP contribution in [-0.4, -0.2) is 9.97 Å². The Kier molecular flexibility index (Phi) is 3.67. The van der Waals surface area contributed by atoms with Crippen LogP contribution in [0.25, 0.3) is 0 Å². The van der Waals surface area contributed by atoms with Gasteiger partial charge >= 0.3 is 0 Å². The van der Waals surface area contributed by atoms with Crippen LogP contribution in [0.4, 0.5) is 17.2 Å². The van der Waals surface area contributed by atoms with E-state index in [0.29, 0.717) is 11.5 Å². The fourth-order valence-corrected chi connectivity index (χ4v) is 1.91. The number of benzene rings is 1. The van der Waals surface area contributed by atoms with Crippen molar-refractivity contribution in [3.63, 3.8) is 0 Å². The smallest absolute Gasteiger partial charge is 0.158 e. The average Bonchev–Trinajstić information content (AvgIpc) is 2.35. The molecular formula is C13H15ClN4. The van der Waals surface area contributed by atoms with Crippen LogP contribution in [0.5, 0.6) is 0 Å². The molecule has 0 bridgehead atoms. The third-order valence-corrected chi connectivity index (χ3v) is 3.12. The summed E-state index contributed by atoms with van der Waals surface area (Å²) in [4.78, 5) is 7.89. The quantitative estimate of drug-likeness (QED) is 0.833. The summed E-state index contributed by atoms with van der Waals surface area (Å²) in [6.45, 7) is 4.22. The minimum atomic E-state index is 0.259. The number of nitrogens with one attached hydrogen (secondary N) is 1. The van der Waals surface area contributed by atoms with E-state index in [9.17, 15) is 0 Å². The summed E-state index contributed by atoms with van der Waals surface area (Å²) in [6.07, 6.45) is 2.40. The van der Waals surface area contributed by atoms with Crippen molar-refractivity contribution in [3.8, 4) is 0 Å². The van der Waals surface area contributed by atoms with Gasteiger partial charge < -0.3 is 11.1 Å². The number of nitrogen functional groups attached to an aromatic ring is 1. The van der Waals surface area contributed by atoms with Crippen molar-refractivity contribution in [1.29, 1.82) is 0 Å². The number of anilines is 3. The van der Waals surface area contributed by atoms with Gasteiger partial charge in [0.05, 0.1) is 0 Å². The minimum absolute atomic E-state index is 0.259. The number of aryl methyl sites for hydroxylation is 2. The van der Waals surface area contributed by atoms with Gasteiger partial charge in [-0.1, -0.05) is 24.6 Å². The van der Waals surface area contributed by atoms with Crippen molar-refractivity contribution < 1.29 is 0 Å². The minimum Gasteiger partial charge on any atom is -0.393 e. The van der Waals surface area contributed by atoms with Gasteiger partial charge in [-0.25, -0.2) is 9.97 Å². The maximum atomic E-state index is 5.84. The molecule has 94 valence electrons. The van der Waals surface area contributed by atoms with Gasteiger partial charge in [-0.15, -0.1) is 0 Å². The molecule has 4 nitrogen and oxygen atoms in total. The molecule has 2 rings (SSSR count). The maximum absolute atomic E-state index is 5.84. The number of nitrogens with two attached hydrogens (primary N) is 1. The summed E-state index contributed by atoms with van der Waals surface area (Å²) >= 11 is 5.84. The first-order valence-electron chi connectivity index (χ1n) is 5.74. The Morgan fingerprint density at radius 1 is 1.33 bits per heavy atom. The lowest BCUT2D eigenvalue weighted by molar-refractivity contribution is 1.11. The average molecular weight is 263 g/mol. The van der Waals surface area contributed by atoms with Crippen molar-refractivity contribution in [1.82, 2.24) is 9.97 Å². The van der Waals surface area contributed by atoms with Gasteiger partial charge in [0.2, 0.25) is 0 Å². The third kappa shape index (κ3) is 2.54.